The topological polar surface area (TPSA) is 29.9 Å². The normalized spacial score (nSPS) is 10.5. The van der Waals surface area contributed by atoms with Crippen molar-refractivity contribution < 1.29 is 0 Å². The van der Waals surface area contributed by atoms with Crippen LogP contribution >= 0.6 is 27.5 Å². The van der Waals surface area contributed by atoms with Gasteiger partial charge in [0, 0.05) is 18.9 Å². The highest BCUT2D eigenvalue weighted by Crippen LogP contribution is 2.31. The monoisotopic (exact) mass is 313 g/mol. The van der Waals surface area contributed by atoms with Crippen molar-refractivity contribution in [3.05, 3.63) is 40.1 Å². The molecule has 0 fully saturated rings. The van der Waals surface area contributed by atoms with E-state index in [0.717, 1.165) is 29.1 Å². The highest BCUT2D eigenvalue weighted by molar-refractivity contribution is 9.10. The first-order chi connectivity index (χ1) is 8.22. The Morgan fingerprint density at radius 1 is 1.47 bits per heavy atom. The third kappa shape index (κ3) is 2.82. The Bertz CT molecular complexity index is 510. The van der Waals surface area contributed by atoms with Crippen LogP contribution in [0.15, 0.2) is 35.1 Å². The van der Waals surface area contributed by atoms with Crippen molar-refractivity contribution in [2.24, 2.45) is 0 Å². The van der Waals surface area contributed by atoms with Gasteiger partial charge in [-0.1, -0.05) is 24.6 Å². The molecule has 0 amide bonds. The number of aryl methyl sites for hydroxylation is 1. The summed E-state index contributed by atoms with van der Waals surface area (Å²) in [5.74, 6) is 0.829. The van der Waals surface area contributed by atoms with E-state index in [0.29, 0.717) is 5.02 Å². The SMILES string of the molecule is CCCn1ccnc1Nc1cccc(Cl)c1Br. The van der Waals surface area contributed by atoms with Gasteiger partial charge in [0.2, 0.25) is 5.95 Å². The van der Waals surface area contributed by atoms with Crippen LogP contribution in [0.5, 0.6) is 0 Å². The molecular formula is C12H13BrClN3. The predicted molar refractivity (Wildman–Crippen MR) is 75.0 cm³/mol. The van der Waals surface area contributed by atoms with E-state index in [9.17, 15) is 0 Å². The maximum absolute atomic E-state index is 6.04. The van der Waals surface area contributed by atoms with Gasteiger partial charge in [-0.15, -0.1) is 0 Å². The van der Waals surface area contributed by atoms with Gasteiger partial charge >= 0.3 is 0 Å². The Balaban J connectivity index is 2.25. The first kappa shape index (κ1) is 12.5. The van der Waals surface area contributed by atoms with Crippen molar-refractivity contribution >= 4 is 39.2 Å². The first-order valence-electron chi connectivity index (χ1n) is 5.44. The molecule has 17 heavy (non-hydrogen) atoms. The fourth-order valence-corrected chi connectivity index (χ4v) is 2.11. The molecule has 0 saturated heterocycles. The molecule has 0 aliphatic carbocycles. The summed E-state index contributed by atoms with van der Waals surface area (Å²) in [4.78, 5) is 4.29. The van der Waals surface area contributed by atoms with Gasteiger partial charge in [0.25, 0.3) is 0 Å². The number of halogens is 2. The zero-order valence-corrected chi connectivity index (χ0v) is 11.8. The summed E-state index contributed by atoms with van der Waals surface area (Å²) in [6.45, 7) is 3.08. The summed E-state index contributed by atoms with van der Waals surface area (Å²) >= 11 is 9.50. The third-order valence-corrected chi connectivity index (χ3v) is 3.78. The molecular weight excluding hydrogens is 302 g/mol. The molecule has 2 aromatic rings. The Labute approximate surface area is 114 Å². The number of anilines is 2. The van der Waals surface area contributed by atoms with Gasteiger partial charge in [-0.05, 0) is 34.5 Å². The van der Waals surface area contributed by atoms with Crippen LogP contribution in [-0.2, 0) is 6.54 Å². The van der Waals surface area contributed by atoms with E-state index in [-0.39, 0.29) is 0 Å². The lowest BCUT2D eigenvalue weighted by Crippen LogP contribution is -2.03. The molecule has 0 aliphatic rings. The Morgan fingerprint density at radius 2 is 2.29 bits per heavy atom. The molecule has 0 bridgehead atoms. The lowest BCUT2D eigenvalue weighted by atomic mass is 10.3. The van der Waals surface area contributed by atoms with Gasteiger partial charge in [0.1, 0.15) is 0 Å². The molecule has 1 aromatic heterocycles. The van der Waals surface area contributed by atoms with Crippen molar-refractivity contribution in [2.45, 2.75) is 19.9 Å². The standard InChI is InChI=1S/C12H13BrClN3/c1-2-7-17-8-6-15-12(17)16-10-5-3-4-9(14)11(10)13/h3-6,8H,2,7H2,1H3,(H,15,16). The van der Waals surface area contributed by atoms with E-state index in [1.54, 1.807) is 6.20 Å². The van der Waals surface area contributed by atoms with Gasteiger partial charge in [0.15, 0.2) is 0 Å². The minimum Gasteiger partial charge on any atom is -0.325 e. The number of benzene rings is 1. The number of nitrogens with one attached hydrogen (secondary N) is 1. The smallest absolute Gasteiger partial charge is 0.207 e. The summed E-state index contributed by atoms with van der Waals surface area (Å²) < 4.78 is 2.93. The van der Waals surface area contributed by atoms with Crippen molar-refractivity contribution in [2.75, 3.05) is 5.32 Å². The number of imidazole rings is 1. The van der Waals surface area contributed by atoms with Crippen LogP contribution in [0.25, 0.3) is 0 Å². The van der Waals surface area contributed by atoms with Gasteiger partial charge in [-0.3, -0.25) is 0 Å². The van der Waals surface area contributed by atoms with Crippen LogP contribution in [-0.4, -0.2) is 9.55 Å². The molecule has 1 heterocycles. The number of rotatable bonds is 4. The second-order valence-electron chi connectivity index (χ2n) is 3.67. The number of hydrogen-bond acceptors (Lipinski definition) is 2. The van der Waals surface area contributed by atoms with Gasteiger partial charge in [-0.25, -0.2) is 4.98 Å². The third-order valence-electron chi connectivity index (χ3n) is 2.38. The van der Waals surface area contributed by atoms with Crippen LogP contribution in [0.1, 0.15) is 13.3 Å². The summed E-state index contributed by atoms with van der Waals surface area (Å²) in [5, 5.41) is 3.95. The Morgan fingerprint density at radius 3 is 3.06 bits per heavy atom. The molecule has 0 saturated carbocycles. The lowest BCUT2D eigenvalue weighted by Gasteiger charge is -2.10. The van der Waals surface area contributed by atoms with Crippen molar-refractivity contribution in [1.82, 2.24) is 9.55 Å². The van der Waals surface area contributed by atoms with E-state index in [1.165, 1.54) is 0 Å². The molecule has 0 atom stereocenters. The first-order valence-corrected chi connectivity index (χ1v) is 6.61. The fourth-order valence-electron chi connectivity index (χ4n) is 1.58. The minimum atomic E-state index is 0.684. The molecule has 0 radical (unpaired) electrons. The van der Waals surface area contributed by atoms with Crippen LogP contribution in [0, 0.1) is 0 Å². The second-order valence-corrected chi connectivity index (χ2v) is 4.87. The van der Waals surface area contributed by atoms with E-state index in [2.05, 4.69) is 37.7 Å². The van der Waals surface area contributed by atoms with Crippen molar-refractivity contribution in [1.29, 1.82) is 0 Å². The molecule has 2 rings (SSSR count). The summed E-state index contributed by atoms with van der Waals surface area (Å²) in [6.07, 6.45) is 4.82. The van der Waals surface area contributed by atoms with Crippen LogP contribution < -0.4 is 5.32 Å². The highest BCUT2D eigenvalue weighted by Gasteiger charge is 2.07. The van der Waals surface area contributed by atoms with Gasteiger partial charge in [-0.2, -0.15) is 0 Å². The average Bonchev–Trinajstić information content (AvgIpc) is 2.73. The number of hydrogen-bond donors (Lipinski definition) is 1. The predicted octanol–water partition coefficient (Wildman–Crippen LogP) is 4.45. The lowest BCUT2D eigenvalue weighted by molar-refractivity contribution is 0.686. The summed E-state index contributed by atoms with van der Waals surface area (Å²) in [5.41, 5.74) is 0.918. The molecule has 1 N–H and O–H groups in total. The van der Waals surface area contributed by atoms with Crippen molar-refractivity contribution in [3.8, 4) is 0 Å². The van der Waals surface area contributed by atoms with E-state index < -0.39 is 0 Å². The molecule has 5 heteroatoms. The van der Waals surface area contributed by atoms with Crippen LogP contribution in [0.2, 0.25) is 5.02 Å². The molecule has 0 spiro atoms. The molecule has 3 nitrogen and oxygen atoms in total. The Hall–Kier alpha value is -1.000. The minimum absolute atomic E-state index is 0.684. The zero-order valence-electron chi connectivity index (χ0n) is 9.45. The second kappa shape index (κ2) is 5.56. The molecule has 1 aromatic carbocycles. The summed E-state index contributed by atoms with van der Waals surface area (Å²) in [6, 6.07) is 5.71. The maximum Gasteiger partial charge on any atom is 0.207 e. The highest BCUT2D eigenvalue weighted by atomic mass is 79.9. The number of nitrogens with zero attached hydrogens (tertiary/aromatic N) is 2. The molecule has 0 aliphatic heterocycles. The van der Waals surface area contributed by atoms with Gasteiger partial charge < -0.3 is 9.88 Å². The van der Waals surface area contributed by atoms with E-state index >= 15 is 0 Å². The Kier molecular flexibility index (Phi) is 4.07. The number of aromatic nitrogens is 2. The molecule has 90 valence electrons. The van der Waals surface area contributed by atoms with Gasteiger partial charge in [0.05, 0.1) is 15.2 Å². The van der Waals surface area contributed by atoms with Crippen LogP contribution in [0.3, 0.4) is 0 Å². The maximum atomic E-state index is 6.04. The van der Waals surface area contributed by atoms with Crippen molar-refractivity contribution in [3.63, 3.8) is 0 Å². The fraction of sp³-hybridized carbons (Fsp3) is 0.250. The van der Waals surface area contributed by atoms with E-state index in [1.807, 2.05) is 24.4 Å². The average molecular weight is 315 g/mol. The quantitative estimate of drug-likeness (QED) is 0.903. The zero-order chi connectivity index (χ0) is 12.3. The largest absolute Gasteiger partial charge is 0.325 e. The van der Waals surface area contributed by atoms with Crippen LogP contribution in [0.4, 0.5) is 11.6 Å². The van der Waals surface area contributed by atoms with E-state index in [4.69, 9.17) is 11.6 Å². The summed E-state index contributed by atoms with van der Waals surface area (Å²) in [7, 11) is 0. The molecule has 0 unspecified atom stereocenters.